The number of pyridine rings is 1. The first-order chi connectivity index (χ1) is 9.66. The lowest BCUT2D eigenvalue weighted by Gasteiger charge is -2.21. The van der Waals surface area contributed by atoms with E-state index >= 15 is 0 Å². The summed E-state index contributed by atoms with van der Waals surface area (Å²) in [6, 6.07) is 9.94. The van der Waals surface area contributed by atoms with Gasteiger partial charge in [-0.1, -0.05) is 37.6 Å². The largest absolute Gasteiger partial charge is 0.256 e. The van der Waals surface area contributed by atoms with Crippen LogP contribution in [0.25, 0.3) is 16.5 Å². The molecule has 0 aliphatic heterocycles. The summed E-state index contributed by atoms with van der Waals surface area (Å²) in [5, 5.41) is 1.04. The standard InChI is InChI=1S/C18H17FN/c1-12(2)15-7-5-8-16(19)18(15)14-10-13-6-3-4-9-17(13)20-11-14/h3-4,6-12H,5H2,1-2H3. The number of allylic oxidation sites excluding steroid dienone is 4. The predicted octanol–water partition coefficient (Wildman–Crippen LogP) is 5.11. The Hall–Kier alpha value is -1.96. The molecule has 1 aromatic heterocycles. The molecule has 0 N–H and O–H groups in total. The average Bonchev–Trinajstić information content (AvgIpc) is 2.46. The summed E-state index contributed by atoms with van der Waals surface area (Å²) in [5.74, 6) is 0.171. The molecule has 1 nitrogen and oxygen atoms in total. The van der Waals surface area contributed by atoms with E-state index in [1.54, 1.807) is 12.3 Å². The second kappa shape index (κ2) is 5.20. The highest BCUT2D eigenvalue weighted by Crippen LogP contribution is 2.37. The Morgan fingerprint density at radius 3 is 2.80 bits per heavy atom. The van der Waals surface area contributed by atoms with Gasteiger partial charge in [-0.25, -0.2) is 4.39 Å². The molecule has 1 heterocycles. The molecule has 0 spiro atoms. The molecule has 0 unspecified atom stereocenters. The highest BCUT2D eigenvalue weighted by atomic mass is 19.1. The minimum Gasteiger partial charge on any atom is -0.256 e. The van der Waals surface area contributed by atoms with Crippen LogP contribution in [0.5, 0.6) is 0 Å². The molecule has 1 radical (unpaired) electrons. The van der Waals surface area contributed by atoms with Crippen LogP contribution in [0.2, 0.25) is 0 Å². The van der Waals surface area contributed by atoms with Crippen LogP contribution in [0.1, 0.15) is 25.8 Å². The molecule has 3 rings (SSSR count). The van der Waals surface area contributed by atoms with Gasteiger partial charge in [-0.05, 0) is 37.0 Å². The van der Waals surface area contributed by atoms with Gasteiger partial charge < -0.3 is 0 Å². The summed E-state index contributed by atoms with van der Waals surface area (Å²) in [6.07, 6.45) is 6.19. The SMILES string of the molecule is CC(C)C1=C(c2cnc3ccccc3c2)C(F)=CC[CH]1. The van der Waals surface area contributed by atoms with E-state index in [4.69, 9.17) is 0 Å². The van der Waals surface area contributed by atoms with Crippen LogP contribution in [0, 0.1) is 12.3 Å². The van der Waals surface area contributed by atoms with Crippen LogP contribution in [0.15, 0.2) is 54.0 Å². The molecule has 1 aliphatic rings. The van der Waals surface area contributed by atoms with E-state index in [1.165, 1.54) is 0 Å². The van der Waals surface area contributed by atoms with E-state index < -0.39 is 0 Å². The number of rotatable bonds is 2. The van der Waals surface area contributed by atoms with Crippen molar-refractivity contribution >= 4 is 16.5 Å². The van der Waals surface area contributed by atoms with Gasteiger partial charge >= 0.3 is 0 Å². The van der Waals surface area contributed by atoms with E-state index in [2.05, 4.69) is 25.3 Å². The lowest BCUT2D eigenvalue weighted by atomic mass is 9.85. The van der Waals surface area contributed by atoms with Gasteiger partial charge in [-0.3, -0.25) is 4.98 Å². The second-order valence-corrected chi connectivity index (χ2v) is 5.39. The Kier molecular flexibility index (Phi) is 3.39. The highest BCUT2D eigenvalue weighted by Gasteiger charge is 2.20. The Morgan fingerprint density at radius 1 is 1.20 bits per heavy atom. The van der Waals surface area contributed by atoms with Gasteiger partial charge in [0.15, 0.2) is 0 Å². The summed E-state index contributed by atoms with van der Waals surface area (Å²) in [6.45, 7) is 4.19. The number of hydrogen-bond acceptors (Lipinski definition) is 1. The molecule has 0 fully saturated rings. The van der Waals surface area contributed by atoms with E-state index in [9.17, 15) is 4.39 Å². The second-order valence-electron chi connectivity index (χ2n) is 5.39. The number of benzene rings is 1. The molecule has 2 aromatic rings. The van der Waals surface area contributed by atoms with E-state index in [0.717, 1.165) is 22.0 Å². The van der Waals surface area contributed by atoms with Crippen LogP contribution in [0.3, 0.4) is 0 Å². The molecule has 101 valence electrons. The fourth-order valence-electron chi connectivity index (χ4n) is 2.67. The first-order valence-corrected chi connectivity index (χ1v) is 6.95. The molecule has 0 saturated heterocycles. The molecule has 0 bridgehead atoms. The van der Waals surface area contributed by atoms with Crippen LogP contribution >= 0.6 is 0 Å². The maximum Gasteiger partial charge on any atom is 0.127 e. The fraction of sp³-hybridized carbons (Fsp3) is 0.222. The van der Waals surface area contributed by atoms with Crippen molar-refractivity contribution in [2.75, 3.05) is 0 Å². The smallest absolute Gasteiger partial charge is 0.127 e. The van der Waals surface area contributed by atoms with E-state index in [1.807, 2.05) is 30.3 Å². The van der Waals surface area contributed by atoms with E-state index in [0.29, 0.717) is 17.9 Å². The van der Waals surface area contributed by atoms with Gasteiger partial charge in [0.25, 0.3) is 0 Å². The molecule has 2 heteroatoms. The number of halogens is 1. The van der Waals surface area contributed by atoms with Gasteiger partial charge in [0.05, 0.1) is 5.52 Å². The molecule has 0 amide bonds. The molecular formula is C18H17FN. The van der Waals surface area contributed by atoms with Gasteiger partial charge in [0, 0.05) is 22.7 Å². The summed E-state index contributed by atoms with van der Waals surface area (Å²) in [4.78, 5) is 4.44. The van der Waals surface area contributed by atoms with Gasteiger partial charge in [-0.2, -0.15) is 0 Å². The van der Waals surface area contributed by atoms with Crippen LogP contribution < -0.4 is 0 Å². The monoisotopic (exact) mass is 266 g/mol. The average molecular weight is 266 g/mol. The normalized spacial score (nSPS) is 15.9. The third kappa shape index (κ3) is 2.26. The lowest BCUT2D eigenvalue weighted by Crippen LogP contribution is -2.05. The summed E-state index contributed by atoms with van der Waals surface area (Å²) in [5.41, 5.74) is 3.57. The van der Waals surface area contributed by atoms with Crippen LogP contribution in [-0.4, -0.2) is 4.98 Å². The molecule has 0 atom stereocenters. The Labute approximate surface area is 118 Å². The highest BCUT2D eigenvalue weighted by molar-refractivity contribution is 5.88. The molecule has 1 aromatic carbocycles. The van der Waals surface area contributed by atoms with Crippen molar-refractivity contribution < 1.29 is 4.39 Å². The molecule has 0 saturated carbocycles. The first kappa shape index (κ1) is 13.0. The third-order valence-electron chi connectivity index (χ3n) is 3.66. The van der Waals surface area contributed by atoms with Crippen molar-refractivity contribution in [1.29, 1.82) is 0 Å². The Bertz CT molecular complexity index is 710. The zero-order chi connectivity index (χ0) is 14.1. The van der Waals surface area contributed by atoms with E-state index in [-0.39, 0.29) is 5.83 Å². The molecule has 1 aliphatic carbocycles. The third-order valence-corrected chi connectivity index (χ3v) is 3.66. The minimum atomic E-state index is -0.131. The molecular weight excluding hydrogens is 249 g/mol. The van der Waals surface area contributed by atoms with Crippen molar-refractivity contribution in [3.8, 4) is 0 Å². The van der Waals surface area contributed by atoms with Gasteiger partial charge in [0.2, 0.25) is 0 Å². The fourth-order valence-corrected chi connectivity index (χ4v) is 2.67. The maximum atomic E-state index is 14.3. The van der Waals surface area contributed by atoms with Gasteiger partial charge in [0.1, 0.15) is 5.83 Å². The number of para-hydroxylation sites is 1. The Balaban J connectivity index is 2.19. The van der Waals surface area contributed by atoms with Crippen molar-refractivity contribution in [1.82, 2.24) is 4.98 Å². The quantitative estimate of drug-likeness (QED) is 0.736. The van der Waals surface area contributed by atoms with Crippen molar-refractivity contribution in [2.24, 2.45) is 5.92 Å². The zero-order valence-corrected chi connectivity index (χ0v) is 11.7. The number of aromatic nitrogens is 1. The summed E-state index contributed by atoms with van der Waals surface area (Å²) >= 11 is 0. The summed E-state index contributed by atoms with van der Waals surface area (Å²) in [7, 11) is 0. The van der Waals surface area contributed by atoms with Crippen molar-refractivity contribution in [3.05, 3.63) is 66.0 Å². The maximum absolute atomic E-state index is 14.3. The Morgan fingerprint density at radius 2 is 2.00 bits per heavy atom. The predicted molar refractivity (Wildman–Crippen MR) is 81.6 cm³/mol. The summed E-state index contributed by atoms with van der Waals surface area (Å²) < 4.78 is 14.3. The number of nitrogens with zero attached hydrogens (tertiary/aromatic N) is 1. The number of fused-ring (bicyclic) bond motifs is 1. The zero-order valence-electron chi connectivity index (χ0n) is 11.7. The van der Waals surface area contributed by atoms with Crippen LogP contribution in [-0.2, 0) is 0 Å². The van der Waals surface area contributed by atoms with Crippen molar-refractivity contribution in [3.63, 3.8) is 0 Å². The van der Waals surface area contributed by atoms with Crippen LogP contribution in [0.4, 0.5) is 4.39 Å². The first-order valence-electron chi connectivity index (χ1n) is 6.95. The van der Waals surface area contributed by atoms with Crippen molar-refractivity contribution in [2.45, 2.75) is 20.3 Å². The van der Waals surface area contributed by atoms with Gasteiger partial charge in [-0.15, -0.1) is 0 Å². The minimum absolute atomic E-state index is 0.131. The number of hydrogen-bond donors (Lipinski definition) is 0. The lowest BCUT2D eigenvalue weighted by molar-refractivity contribution is 0.653. The topological polar surface area (TPSA) is 12.9 Å². The molecule has 20 heavy (non-hydrogen) atoms.